The summed E-state index contributed by atoms with van der Waals surface area (Å²) >= 11 is 0. The molecule has 2 aromatic rings. The number of carbonyl (C=O) groups is 1. The van der Waals surface area contributed by atoms with E-state index < -0.39 is 17.6 Å². The van der Waals surface area contributed by atoms with Gasteiger partial charge in [0.25, 0.3) is 0 Å². The molecular weight excluding hydrogens is 312 g/mol. The van der Waals surface area contributed by atoms with Crippen LogP contribution in [0.15, 0.2) is 42.5 Å². The summed E-state index contributed by atoms with van der Waals surface area (Å²) in [6, 6.07) is 10.9. The Morgan fingerprint density at radius 1 is 1.25 bits per heavy atom. The number of carbonyl (C=O) groups excluding carboxylic acids is 1. The first kappa shape index (κ1) is 16.6. The Balaban J connectivity index is 1.75. The van der Waals surface area contributed by atoms with E-state index in [2.05, 4.69) is 5.32 Å². The number of rotatable bonds is 4. The van der Waals surface area contributed by atoms with E-state index >= 15 is 0 Å². The van der Waals surface area contributed by atoms with Gasteiger partial charge >= 0.3 is 0 Å². The number of hydrogen-bond donors (Lipinski definition) is 1. The van der Waals surface area contributed by atoms with E-state index in [9.17, 15) is 13.6 Å². The fourth-order valence-electron chi connectivity index (χ4n) is 3.28. The van der Waals surface area contributed by atoms with Crippen molar-refractivity contribution < 1.29 is 18.3 Å². The number of amides is 1. The second kappa shape index (κ2) is 6.69. The average molecular weight is 331 g/mol. The van der Waals surface area contributed by atoms with E-state index in [4.69, 9.17) is 4.74 Å². The molecule has 0 aliphatic heterocycles. The van der Waals surface area contributed by atoms with Crippen LogP contribution in [0, 0.1) is 11.6 Å². The average Bonchev–Trinajstić information content (AvgIpc) is 2.91. The molecule has 0 unspecified atom stereocenters. The molecule has 0 saturated heterocycles. The fourth-order valence-corrected chi connectivity index (χ4v) is 3.28. The molecule has 0 radical (unpaired) electrons. The van der Waals surface area contributed by atoms with Gasteiger partial charge in [-0.25, -0.2) is 8.78 Å². The summed E-state index contributed by atoms with van der Waals surface area (Å²) in [5, 5.41) is 2.94. The summed E-state index contributed by atoms with van der Waals surface area (Å²) in [5.74, 6) is -2.39. The van der Waals surface area contributed by atoms with E-state index in [1.807, 2.05) is 24.3 Å². The summed E-state index contributed by atoms with van der Waals surface area (Å²) in [6.07, 6.45) is 0.439. The van der Waals surface area contributed by atoms with E-state index in [1.165, 1.54) is 6.07 Å². The van der Waals surface area contributed by atoms with Crippen molar-refractivity contribution in [3.05, 3.63) is 70.8 Å². The Kier molecular flexibility index (Phi) is 4.62. The van der Waals surface area contributed by atoms with Crippen molar-refractivity contribution >= 4 is 5.91 Å². The number of fused-ring (bicyclic) bond motifs is 1. The van der Waals surface area contributed by atoms with Gasteiger partial charge in [0, 0.05) is 18.7 Å². The molecule has 5 heteroatoms. The summed E-state index contributed by atoms with van der Waals surface area (Å²) in [4.78, 5) is 12.5. The lowest BCUT2D eigenvalue weighted by atomic mass is 9.99. The number of hydrogen-bond acceptors (Lipinski definition) is 2. The molecule has 3 nitrogen and oxygen atoms in total. The van der Waals surface area contributed by atoms with Crippen molar-refractivity contribution in [2.24, 2.45) is 0 Å². The fraction of sp³-hybridized carbons (Fsp3) is 0.316. The van der Waals surface area contributed by atoms with Gasteiger partial charge in [-0.05, 0) is 30.5 Å². The predicted molar refractivity (Wildman–Crippen MR) is 86.6 cm³/mol. The first-order valence-electron chi connectivity index (χ1n) is 7.87. The van der Waals surface area contributed by atoms with Gasteiger partial charge in [-0.15, -0.1) is 0 Å². The molecule has 0 aromatic heterocycles. The second-order valence-electron chi connectivity index (χ2n) is 6.06. The van der Waals surface area contributed by atoms with Gasteiger partial charge in [-0.3, -0.25) is 4.79 Å². The smallest absolute Gasteiger partial charge is 0.227 e. The maximum absolute atomic E-state index is 13.9. The quantitative estimate of drug-likeness (QED) is 0.931. The maximum atomic E-state index is 13.9. The first-order chi connectivity index (χ1) is 11.5. The minimum atomic E-state index is -0.716. The minimum absolute atomic E-state index is 0.179. The van der Waals surface area contributed by atoms with Crippen LogP contribution >= 0.6 is 0 Å². The van der Waals surface area contributed by atoms with Crippen LogP contribution in [0.5, 0.6) is 0 Å². The monoisotopic (exact) mass is 331 g/mol. The van der Waals surface area contributed by atoms with Crippen LogP contribution < -0.4 is 5.32 Å². The summed E-state index contributed by atoms with van der Waals surface area (Å²) in [5.41, 5.74) is 2.37. The molecule has 1 aliphatic rings. The highest BCUT2D eigenvalue weighted by molar-refractivity contribution is 5.83. The lowest BCUT2D eigenvalue weighted by Gasteiger charge is -2.22. The van der Waals surface area contributed by atoms with E-state index in [0.717, 1.165) is 23.3 Å². The Hall–Kier alpha value is -2.27. The van der Waals surface area contributed by atoms with Crippen molar-refractivity contribution in [2.75, 3.05) is 7.11 Å². The molecule has 126 valence electrons. The standard InChI is InChI=1S/C19H19F2NO2/c1-11(14-8-7-13(20)10-16(14)21)19(23)22-17-9-12-5-3-4-6-15(12)18(17)24-2/h3-8,10-11,17-18H,9H2,1-2H3,(H,22,23)/t11-,17-,18-/m0/s1. The molecule has 0 spiro atoms. The Morgan fingerprint density at radius 3 is 2.71 bits per heavy atom. The van der Waals surface area contributed by atoms with E-state index in [-0.39, 0.29) is 23.6 Å². The van der Waals surface area contributed by atoms with Crippen LogP contribution in [-0.2, 0) is 16.0 Å². The van der Waals surface area contributed by atoms with Gasteiger partial charge in [0.15, 0.2) is 0 Å². The Bertz CT molecular complexity index is 763. The molecule has 0 heterocycles. The molecule has 0 bridgehead atoms. The zero-order valence-corrected chi connectivity index (χ0v) is 13.6. The molecule has 3 atom stereocenters. The molecule has 3 rings (SSSR count). The highest BCUT2D eigenvalue weighted by atomic mass is 19.1. The molecule has 1 N–H and O–H groups in total. The zero-order valence-electron chi connectivity index (χ0n) is 13.6. The van der Waals surface area contributed by atoms with E-state index in [0.29, 0.717) is 6.42 Å². The van der Waals surface area contributed by atoms with Crippen molar-refractivity contribution in [1.82, 2.24) is 5.32 Å². The highest BCUT2D eigenvalue weighted by Crippen LogP contribution is 2.34. The van der Waals surface area contributed by atoms with Gasteiger partial charge in [0.2, 0.25) is 5.91 Å². The van der Waals surface area contributed by atoms with Crippen molar-refractivity contribution in [3.8, 4) is 0 Å². The number of benzene rings is 2. The Morgan fingerprint density at radius 2 is 2.00 bits per heavy atom. The van der Waals surface area contributed by atoms with Crippen molar-refractivity contribution in [2.45, 2.75) is 31.4 Å². The van der Waals surface area contributed by atoms with Gasteiger partial charge < -0.3 is 10.1 Å². The lowest BCUT2D eigenvalue weighted by molar-refractivity contribution is -0.123. The zero-order chi connectivity index (χ0) is 17.3. The topological polar surface area (TPSA) is 38.3 Å². The number of halogens is 2. The third-order valence-electron chi connectivity index (χ3n) is 4.57. The molecule has 0 fully saturated rings. The summed E-state index contributed by atoms with van der Waals surface area (Å²) in [7, 11) is 1.61. The van der Waals surface area contributed by atoms with Crippen LogP contribution in [-0.4, -0.2) is 19.1 Å². The van der Waals surface area contributed by atoms with Crippen LogP contribution in [0.25, 0.3) is 0 Å². The van der Waals surface area contributed by atoms with Crippen LogP contribution in [0.2, 0.25) is 0 Å². The van der Waals surface area contributed by atoms with Crippen molar-refractivity contribution in [1.29, 1.82) is 0 Å². The van der Waals surface area contributed by atoms with Gasteiger partial charge in [-0.1, -0.05) is 30.3 Å². The number of ether oxygens (including phenoxy) is 1. The highest BCUT2D eigenvalue weighted by Gasteiger charge is 2.34. The normalized spacial score (nSPS) is 20.5. The molecular formula is C19H19F2NO2. The predicted octanol–water partition coefficient (Wildman–Crippen LogP) is 3.50. The maximum Gasteiger partial charge on any atom is 0.227 e. The van der Waals surface area contributed by atoms with Gasteiger partial charge in [0.1, 0.15) is 17.7 Å². The molecule has 24 heavy (non-hydrogen) atoms. The van der Waals surface area contributed by atoms with Gasteiger partial charge in [-0.2, -0.15) is 0 Å². The SMILES string of the molecule is CO[C@H]1c2ccccc2C[C@@H]1NC(=O)[C@@H](C)c1ccc(F)cc1F. The summed E-state index contributed by atoms with van der Waals surface area (Å²) < 4.78 is 32.5. The second-order valence-corrected chi connectivity index (χ2v) is 6.06. The third-order valence-corrected chi connectivity index (χ3v) is 4.57. The largest absolute Gasteiger partial charge is 0.375 e. The van der Waals surface area contributed by atoms with Crippen LogP contribution in [0.4, 0.5) is 8.78 Å². The Labute approximate surface area is 139 Å². The van der Waals surface area contributed by atoms with Crippen molar-refractivity contribution in [3.63, 3.8) is 0 Å². The molecule has 0 saturated carbocycles. The van der Waals surface area contributed by atoms with Gasteiger partial charge in [0.05, 0.1) is 12.0 Å². The first-order valence-corrected chi connectivity index (χ1v) is 7.87. The number of methoxy groups -OCH3 is 1. The van der Waals surface area contributed by atoms with Crippen LogP contribution in [0.1, 0.15) is 35.6 Å². The molecule has 1 aliphatic carbocycles. The minimum Gasteiger partial charge on any atom is -0.375 e. The van der Waals surface area contributed by atoms with E-state index in [1.54, 1.807) is 14.0 Å². The van der Waals surface area contributed by atoms with Crippen LogP contribution in [0.3, 0.4) is 0 Å². The third kappa shape index (κ3) is 3.04. The number of nitrogens with one attached hydrogen (secondary N) is 1. The lowest BCUT2D eigenvalue weighted by Crippen LogP contribution is -2.40. The molecule has 1 amide bonds. The molecule has 2 aromatic carbocycles. The summed E-state index contributed by atoms with van der Waals surface area (Å²) in [6.45, 7) is 1.61.